The minimum Gasteiger partial charge on any atom is -0.399 e. The highest BCUT2D eigenvalue weighted by Gasteiger charge is 2.33. The first-order valence-corrected chi connectivity index (χ1v) is 6.78. The number of nitrogens with zero attached hydrogens (tertiary/aromatic N) is 3. The Morgan fingerprint density at radius 2 is 2.25 bits per heavy atom. The molecule has 0 unspecified atom stereocenters. The number of aromatic nitrogens is 2. The maximum atomic E-state index is 12.5. The quantitative estimate of drug-likeness (QED) is 0.862. The zero-order chi connectivity index (χ0) is 14.1. The lowest BCUT2D eigenvalue weighted by Crippen LogP contribution is -2.33. The van der Waals surface area contributed by atoms with Crippen molar-refractivity contribution in [2.45, 2.75) is 25.4 Å². The third-order valence-corrected chi connectivity index (χ3v) is 3.49. The molecule has 0 atom stereocenters. The summed E-state index contributed by atoms with van der Waals surface area (Å²) in [7, 11) is 1.82. The van der Waals surface area contributed by atoms with E-state index in [0.29, 0.717) is 18.3 Å². The van der Waals surface area contributed by atoms with Crippen LogP contribution in [-0.4, -0.2) is 26.6 Å². The van der Waals surface area contributed by atoms with Crippen LogP contribution in [0.15, 0.2) is 36.5 Å². The Morgan fingerprint density at radius 3 is 2.85 bits per heavy atom. The Bertz CT molecular complexity index is 630. The second-order valence-corrected chi connectivity index (χ2v) is 5.28. The first-order valence-electron chi connectivity index (χ1n) is 6.78. The van der Waals surface area contributed by atoms with E-state index in [1.807, 2.05) is 36.2 Å². The molecule has 1 aliphatic rings. The van der Waals surface area contributed by atoms with Crippen LogP contribution in [0.5, 0.6) is 0 Å². The number of hydrogen-bond donors (Lipinski definition) is 1. The minimum atomic E-state index is -0.00414. The van der Waals surface area contributed by atoms with Crippen molar-refractivity contribution >= 4 is 11.6 Å². The van der Waals surface area contributed by atoms with Crippen molar-refractivity contribution in [1.82, 2.24) is 14.7 Å². The molecule has 5 nitrogen and oxygen atoms in total. The number of benzene rings is 1. The summed E-state index contributed by atoms with van der Waals surface area (Å²) in [5.74, 6) is -0.00414. The van der Waals surface area contributed by atoms with Crippen molar-refractivity contribution in [2.75, 3.05) is 5.73 Å². The summed E-state index contributed by atoms with van der Waals surface area (Å²) in [5.41, 5.74) is 8.08. The standard InChI is InChI=1S/C15H18N4O/c1-18-8-7-14(17-18)15(20)19(13-5-6-13)10-11-3-2-4-12(16)9-11/h2-4,7-9,13H,5-6,10,16H2,1H3. The zero-order valence-electron chi connectivity index (χ0n) is 11.5. The summed E-state index contributed by atoms with van der Waals surface area (Å²) in [5, 5.41) is 4.20. The van der Waals surface area contributed by atoms with Crippen LogP contribution in [0, 0.1) is 0 Å². The van der Waals surface area contributed by atoms with Gasteiger partial charge in [-0.2, -0.15) is 5.10 Å². The SMILES string of the molecule is Cn1ccc(C(=O)N(Cc2cccc(N)c2)C2CC2)n1. The van der Waals surface area contributed by atoms with E-state index >= 15 is 0 Å². The first kappa shape index (κ1) is 12.7. The molecule has 1 amide bonds. The van der Waals surface area contributed by atoms with Crippen LogP contribution in [0.1, 0.15) is 28.9 Å². The highest BCUT2D eigenvalue weighted by Crippen LogP contribution is 2.29. The molecule has 20 heavy (non-hydrogen) atoms. The van der Waals surface area contributed by atoms with Crippen molar-refractivity contribution in [3.8, 4) is 0 Å². The second kappa shape index (κ2) is 5.00. The molecule has 1 aromatic carbocycles. The lowest BCUT2D eigenvalue weighted by atomic mass is 10.2. The molecule has 0 bridgehead atoms. The minimum absolute atomic E-state index is 0.00414. The van der Waals surface area contributed by atoms with Crippen LogP contribution in [0.4, 0.5) is 5.69 Å². The number of carbonyl (C=O) groups excluding carboxylic acids is 1. The normalized spacial score (nSPS) is 14.2. The van der Waals surface area contributed by atoms with Gasteiger partial charge in [-0.1, -0.05) is 12.1 Å². The fraction of sp³-hybridized carbons (Fsp3) is 0.333. The third-order valence-electron chi connectivity index (χ3n) is 3.49. The molecule has 3 rings (SSSR count). The summed E-state index contributed by atoms with van der Waals surface area (Å²) in [4.78, 5) is 14.4. The molecule has 1 aromatic heterocycles. The molecule has 1 heterocycles. The number of nitrogens with two attached hydrogens (primary N) is 1. The predicted octanol–water partition coefficient (Wildman–Crippen LogP) is 1.81. The van der Waals surface area contributed by atoms with Gasteiger partial charge in [0.25, 0.3) is 5.91 Å². The highest BCUT2D eigenvalue weighted by atomic mass is 16.2. The number of aryl methyl sites for hydroxylation is 1. The van der Waals surface area contributed by atoms with Gasteiger partial charge in [-0.25, -0.2) is 0 Å². The lowest BCUT2D eigenvalue weighted by Gasteiger charge is -2.21. The maximum Gasteiger partial charge on any atom is 0.274 e. The second-order valence-electron chi connectivity index (χ2n) is 5.28. The molecule has 0 saturated heterocycles. The molecule has 0 radical (unpaired) electrons. The molecule has 1 aliphatic carbocycles. The van der Waals surface area contributed by atoms with E-state index in [0.717, 1.165) is 24.1 Å². The summed E-state index contributed by atoms with van der Waals surface area (Å²) in [6, 6.07) is 9.79. The predicted molar refractivity (Wildman–Crippen MR) is 77.0 cm³/mol. The van der Waals surface area contributed by atoms with Crippen molar-refractivity contribution in [3.05, 3.63) is 47.8 Å². The van der Waals surface area contributed by atoms with E-state index in [2.05, 4.69) is 5.10 Å². The summed E-state index contributed by atoms with van der Waals surface area (Å²) < 4.78 is 1.65. The number of carbonyl (C=O) groups is 1. The number of rotatable bonds is 4. The van der Waals surface area contributed by atoms with Crippen LogP contribution in [0.3, 0.4) is 0 Å². The highest BCUT2D eigenvalue weighted by molar-refractivity contribution is 5.92. The monoisotopic (exact) mass is 270 g/mol. The van der Waals surface area contributed by atoms with Gasteiger partial charge < -0.3 is 10.6 Å². The summed E-state index contributed by atoms with van der Waals surface area (Å²) in [6.45, 7) is 0.588. The van der Waals surface area contributed by atoms with Gasteiger partial charge in [0, 0.05) is 31.5 Å². The molecule has 1 fully saturated rings. The van der Waals surface area contributed by atoms with Gasteiger partial charge in [-0.05, 0) is 36.6 Å². The van der Waals surface area contributed by atoms with Crippen molar-refractivity contribution in [2.24, 2.45) is 7.05 Å². The van der Waals surface area contributed by atoms with Crippen LogP contribution >= 0.6 is 0 Å². The number of hydrogen-bond acceptors (Lipinski definition) is 3. The average Bonchev–Trinajstić information content (AvgIpc) is 3.17. The molecule has 0 aliphatic heterocycles. The van der Waals surface area contributed by atoms with Gasteiger partial charge >= 0.3 is 0 Å². The Morgan fingerprint density at radius 1 is 1.45 bits per heavy atom. The molecular formula is C15H18N4O. The van der Waals surface area contributed by atoms with Gasteiger partial charge in [0.15, 0.2) is 0 Å². The van der Waals surface area contributed by atoms with Gasteiger partial charge in [0.1, 0.15) is 5.69 Å². The molecule has 0 spiro atoms. The van der Waals surface area contributed by atoms with E-state index in [9.17, 15) is 4.79 Å². The number of nitrogen functional groups attached to an aromatic ring is 1. The van der Waals surface area contributed by atoms with Gasteiger partial charge in [0.2, 0.25) is 0 Å². The summed E-state index contributed by atoms with van der Waals surface area (Å²) in [6.07, 6.45) is 3.93. The zero-order valence-corrected chi connectivity index (χ0v) is 11.5. The molecule has 104 valence electrons. The largest absolute Gasteiger partial charge is 0.399 e. The van der Waals surface area contributed by atoms with Crippen LogP contribution in [0.25, 0.3) is 0 Å². The average molecular weight is 270 g/mol. The summed E-state index contributed by atoms with van der Waals surface area (Å²) >= 11 is 0. The van der Waals surface area contributed by atoms with Crippen LogP contribution < -0.4 is 5.73 Å². The van der Waals surface area contributed by atoms with E-state index < -0.39 is 0 Å². The molecular weight excluding hydrogens is 252 g/mol. The van der Waals surface area contributed by atoms with E-state index in [-0.39, 0.29) is 5.91 Å². The van der Waals surface area contributed by atoms with Gasteiger partial charge in [0.05, 0.1) is 0 Å². The van der Waals surface area contributed by atoms with Crippen LogP contribution in [0.2, 0.25) is 0 Å². The molecule has 2 N–H and O–H groups in total. The van der Waals surface area contributed by atoms with E-state index in [4.69, 9.17) is 5.73 Å². The Labute approximate surface area is 118 Å². The Balaban J connectivity index is 1.81. The van der Waals surface area contributed by atoms with Crippen molar-refractivity contribution in [3.63, 3.8) is 0 Å². The topological polar surface area (TPSA) is 64.2 Å². The van der Waals surface area contributed by atoms with E-state index in [1.165, 1.54) is 0 Å². The fourth-order valence-corrected chi connectivity index (χ4v) is 2.32. The first-order chi connectivity index (χ1) is 9.63. The van der Waals surface area contributed by atoms with Crippen molar-refractivity contribution in [1.29, 1.82) is 0 Å². The van der Waals surface area contributed by atoms with Gasteiger partial charge in [-0.3, -0.25) is 9.48 Å². The molecule has 5 heteroatoms. The van der Waals surface area contributed by atoms with E-state index in [1.54, 1.807) is 16.9 Å². The Hall–Kier alpha value is -2.30. The van der Waals surface area contributed by atoms with Crippen molar-refractivity contribution < 1.29 is 4.79 Å². The fourth-order valence-electron chi connectivity index (χ4n) is 2.32. The number of amides is 1. The van der Waals surface area contributed by atoms with Gasteiger partial charge in [-0.15, -0.1) is 0 Å². The molecule has 2 aromatic rings. The maximum absolute atomic E-state index is 12.5. The Kier molecular flexibility index (Phi) is 3.18. The smallest absolute Gasteiger partial charge is 0.274 e. The molecule has 1 saturated carbocycles. The number of anilines is 1. The van der Waals surface area contributed by atoms with Crippen LogP contribution in [-0.2, 0) is 13.6 Å². The lowest BCUT2D eigenvalue weighted by molar-refractivity contribution is 0.0723. The third kappa shape index (κ3) is 2.66.